The number of esters is 1. The number of allylic oxidation sites excluding steroid dienone is 5. The highest BCUT2D eigenvalue weighted by atomic mass is 16.5. The van der Waals surface area contributed by atoms with Crippen LogP contribution >= 0.6 is 0 Å². The number of carbonyl (C=O) groups excluding carboxylic acids is 2. The maximum absolute atomic E-state index is 12.4. The van der Waals surface area contributed by atoms with Crippen LogP contribution in [-0.2, 0) is 14.3 Å². The highest BCUT2D eigenvalue weighted by Gasteiger charge is 2.18. The van der Waals surface area contributed by atoms with Crippen molar-refractivity contribution in [2.24, 2.45) is 0 Å². The van der Waals surface area contributed by atoms with Crippen LogP contribution in [0.2, 0.25) is 0 Å². The molecule has 0 rings (SSSR count). The average molecular weight is 971 g/mol. The number of hydrogen-bond donors (Lipinski definition) is 3. The lowest BCUT2D eigenvalue weighted by Gasteiger charge is -2.20. The van der Waals surface area contributed by atoms with Crippen molar-refractivity contribution in [3.8, 4) is 0 Å². The van der Waals surface area contributed by atoms with E-state index in [-0.39, 0.29) is 18.5 Å². The van der Waals surface area contributed by atoms with Gasteiger partial charge in [0.05, 0.1) is 25.4 Å². The number of carbonyl (C=O) groups is 2. The van der Waals surface area contributed by atoms with E-state index in [0.717, 1.165) is 44.9 Å². The van der Waals surface area contributed by atoms with Gasteiger partial charge in [-0.25, -0.2) is 0 Å². The van der Waals surface area contributed by atoms with E-state index in [1.54, 1.807) is 6.08 Å². The maximum Gasteiger partial charge on any atom is 0.305 e. The van der Waals surface area contributed by atoms with Crippen molar-refractivity contribution in [1.29, 1.82) is 0 Å². The molecule has 0 spiro atoms. The molecule has 406 valence electrons. The summed E-state index contributed by atoms with van der Waals surface area (Å²) in [5.41, 5.74) is 0. The number of rotatable bonds is 57. The van der Waals surface area contributed by atoms with E-state index in [2.05, 4.69) is 43.5 Å². The summed E-state index contributed by atoms with van der Waals surface area (Å²) in [6.07, 6.45) is 73.4. The van der Waals surface area contributed by atoms with E-state index in [9.17, 15) is 19.8 Å². The molecule has 0 aliphatic rings. The molecular weight excluding hydrogens is 851 g/mol. The third kappa shape index (κ3) is 55.2. The lowest BCUT2D eigenvalue weighted by molar-refractivity contribution is -0.143. The number of amides is 1. The molecule has 0 aromatic heterocycles. The summed E-state index contributed by atoms with van der Waals surface area (Å²) < 4.78 is 5.49. The van der Waals surface area contributed by atoms with Crippen LogP contribution in [0.5, 0.6) is 0 Å². The first-order valence-electron chi connectivity index (χ1n) is 30.8. The van der Waals surface area contributed by atoms with Crippen LogP contribution in [0.4, 0.5) is 0 Å². The Morgan fingerprint density at radius 1 is 0.391 bits per heavy atom. The number of hydrogen-bond acceptors (Lipinski definition) is 5. The molecule has 0 radical (unpaired) electrons. The predicted molar refractivity (Wildman–Crippen MR) is 301 cm³/mol. The van der Waals surface area contributed by atoms with Crippen LogP contribution in [0.25, 0.3) is 0 Å². The molecule has 0 bridgehead atoms. The standard InChI is InChI=1S/C63H119NO5/c1-3-5-7-9-11-13-15-16-17-31-34-37-41-45-49-53-57-63(68)69-58-54-50-46-42-38-35-32-29-27-25-23-21-19-18-20-22-24-26-28-30-33-36-40-44-48-52-56-62(67)64-60(59-65)61(66)55-51-47-43-39-14-12-10-8-6-4-2/h17-18,20,31,51,55,60-61,65-66H,3-16,19,21-30,32-50,52-54,56-59H2,1-2H3,(H,64,67)/b20-18-,31-17-,55-51+. The molecule has 1 amide bonds. The zero-order valence-electron chi connectivity index (χ0n) is 46.3. The van der Waals surface area contributed by atoms with Crippen LogP contribution in [0.15, 0.2) is 36.5 Å². The van der Waals surface area contributed by atoms with Gasteiger partial charge in [0.1, 0.15) is 0 Å². The molecule has 6 nitrogen and oxygen atoms in total. The van der Waals surface area contributed by atoms with Crippen LogP contribution in [0.1, 0.15) is 328 Å². The van der Waals surface area contributed by atoms with Gasteiger partial charge in [-0.2, -0.15) is 0 Å². The van der Waals surface area contributed by atoms with Crippen molar-refractivity contribution in [2.75, 3.05) is 13.2 Å². The third-order valence-corrected chi connectivity index (χ3v) is 14.1. The van der Waals surface area contributed by atoms with Gasteiger partial charge in [0.25, 0.3) is 0 Å². The van der Waals surface area contributed by atoms with Crippen molar-refractivity contribution >= 4 is 11.9 Å². The normalized spacial score (nSPS) is 12.8. The maximum atomic E-state index is 12.4. The zero-order chi connectivity index (χ0) is 50.0. The van der Waals surface area contributed by atoms with Gasteiger partial charge < -0.3 is 20.3 Å². The monoisotopic (exact) mass is 970 g/mol. The second-order valence-electron chi connectivity index (χ2n) is 21.0. The molecule has 0 fully saturated rings. The highest BCUT2D eigenvalue weighted by Crippen LogP contribution is 2.16. The second-order valence-corrected chi connectivity index (χ2v) is 21.0. The van der Waals surface area contributed by atoms with Gasteiger partial charge in [-0.15, -0.1) is 0 Å². The number of unbranched alkanes of at least 4 members (excludes halogenated alkanes) is 42. The summed E-state index contributed by atoms with van der Waals surface area (Å²) in [5, 5.41) is 23.0. The largest absolute Gasteiger partial charge is 0.466 e. The van der Waals surface area contributed by atoms with E-state index < -0.39 is 12.1 Å². The van der Waals surface area contributed by atoms with Gasteiger partial charge in [-0.1, -0.05) is 269 Å². The van der Waals surface area contributed by atoms with Crippen LogP contribution in [0.3, 0.4) is 0 Å². The number of aliphatic hydroxyl groups excluding tert-OH is 2. The van der Waals surface area contributed by atoms with Gasteiger partial charge >= 0.3 is 5.97 Å². The van der Waals surface area contributed by atoms with Gasteiger partial charge in [-0.3, -0.25) is 9.59 Å². The molecule has 3 N–H and O–H groups in total. The molecule has 2 unspecified atom stereocenters. The number of nitrogens with one attached hydrogen (secondary N) is 1. The van der Waals surface area contributed by atoms with Crippen LogP contribution in [0, 0.1) is 0 Å². The molecule has 0 aliphatic heterocycles. The fourth-order valence-electron chi connectivity index (χ4n) is 9.39. The van der Waals surface area contributed by atoms with E-state index >= 15 is 0 Å². The minimum atomic E-state index is -0.844. The van der Waals surface area contributed by atoms with Crippen LogP contribution < -0.4 is 5.32 Å². The first-order valence-corrected chi connectivity index (χ1v) is 30.8. The molecular formula is C63H119NO5. The summed E-state index contributed by atoms with van der Waals surface area (Å²) in [5.74, 6) is -0.0652. The van der Waals surface area contributed by atoms with Crippen molar-refractivity contribution in [3.05, 3.63) is 36.5 Å². The summed E-state index contributed by atoms with van der Waals surface area (Å²) in [7, 11) is 0. The summed E-state index contributed by atoms with van der Waals surface area (Å²) in [6.45, 7) is 4.89. The molecule has 0 saturated heterocycles. The smallest absolute Gasteiger partial charge is 0.305 e. The Labute approximate surface area is 430 Å². The molecule has 0 heterocycles. The van der Waals surface area contributed by atoms with E-state index in [0.29, 0.717) is 19.4 Å². The SMILES string of the molecule is CCCCCCCCC/C=C\CCCCCCCC(=O)OCCCCCCCCCCCCCC/C=C\CCCCCCCCCCCCC(=O)NC(CO)C(O)/C=C/CCCCCCCCCC. The Balaban J connectivity index is 3.38. The first kappa shape index (κ1) is 67.1. The molecule has 0 saturated carbocycles. The molecule has 0 aliphatic carbocycles. The lowest BCUT2D eigenvalue weighted by Crippen LogP contribution is -2.45. The summed E-state index contributed by atoms with van der Waals surface area (Å²) >= 11 is 0. The van der Waals surface area contributed by atoms with Gasteiger partial charge in [0, 0.05) is 12.8 Å². The Morgan fingerprint density at radius 2 is 0.681 bits per heavy atom. The molecule has 6 heteroatoms. The Bertz CT molecular complexity index is 1120. The minimum Gasteiger partial charge on any atom is -0.466 e. The van der Waals surface area contributed by atoms with Crippen molar-refractivity contribution in [2.45, 2.75) is 341 Å². The van der Waals surface area contributed by atoms with E-state index in [1.807, 2.05) is 6.08 Å². The Kier molecular flexibility index (Phi) is 57.0. The molecule has 69 heavy (non-hydrogen) atoms. The fourth-order valence-corrected chi connectivity index (χ4v) is 9.39. The van der Waals surface area contributed by atoms with Crippen molar-refractivity contribution in [3.63, 3.8) is 0 Å². The average Bonchev–Trinajstić information content (AvgIpc) is 3.35. The fraction of sp³-hybridized carbons (Fsp3) is 0.873. The highest BCUT2D eigenvalue weighted by molar-refractivity contribution is 5.76. The lowest BCUT2D eigenvalue weighted by atomic mass is 10.0. The van der Waals surface area contributed by atoms with Crippen molar-refractivity contribution in [1.82, 2.24) is 5.32 Å². The summed E-state index contributed by atoms with van der Waals surface area (Å²) in [4.78, 5) is 24.5. The van der Waals surface area contributed by atoms with Gasteiger partial charge in [0.15, 0.2) is 0 Å². The number of ether oxygens (including phenoxy) is 1. The Morgan fingerprint density at radius 3 is 1.03 bits per heavy atom. The van der Waals surface area contributed by atoms with Crippen molar-refractivity contribution < 1.29 is 24.5 Å². The molecule has 2 atom stereocenters. The molecule has 0 aromatic carbocycles. The Hall–Kier alpha value is -1.92. The molecule has 0 aromatic rings. The van der Waals surface area contributed by atoms with Gasteiger partial charge in [-0.05, 0) is 83.5 Å². The first-order chi connectivity index (χ1) is 34.0. The minimum absolute atomic E-state index is 0.00633. The third-order valence-electron chi connectivity index (χ3n) is 14.1. The predicted octanol–water partition coefficient (Wildman–Crippen LogP) is 19.2. The van der Waals surface area contributed by atoms with E-state index in [4.69, 9.17) is 4.74 Å². The van der Waals surface area contributed by atoms with Crippen LogP contribution in [-0.4, -0.2) is 47.4 Å². The summed E-state index contributed by atoms with van der Waals surface area (Å²) in [6, 6.07) is -0.627. The number of aliphatic hydroxyl groups is 2. The van der Waals surface area contributed by atoms with E-state index in [1.165, 1.54) is 257 Å². The quantitative estimate of drug-likeness (QED) is 0.0321. The topological polar surface area (TPSA) is 95.9 Å². The van der Waals surface area contributed by atoms with Gasteiger partial charge in [0.2, 0.25) is 5.91 Å². The second kappa shape index (κ2) is 58.6. The zero-order valence-corrected chi connectivity index (χ0v) is 46.3.